The fraction of sp³-hybridized carbons (Fsp3) is 0.520. The molecular weight excluding hydrogens is 380 g/mol. The molecule has 2 fully saturated rings. The Kier molecular flexibility index (Phi) is 5.21. The number of rotatable bonds is 6. The highest BCUT2D eigenvalue weighted by molar-refractivity contribution is 5.46. The topological polar surface area (TPSA) is 57.2 Å². The van der Waals surface area contributed by atoms with E-state index in [1.807, 2.05) is 6.07 Å². The molecule has 5 rings (SSSR count). The van der Waals surface area contributed by atoms with Crippen molar-refractivity contribution in [2.45, 2.75) is 56.8 Å². The maximum absolute atomic E-state index is 9.86. The van der Waals surface area contributed by atoms with Crippen LogP contribution in [0.15, 0.2) is 36.4 Å². The summed E-state index contributed by atoms with van der Waals surface area (Å²) in [7, 11) is 0. The summed E-state index contributed by atoms with van der Waals surface area (Å²) in [6, 6.07) is 12.8. The highest BCUT2D eigenvalue weighted by atomic mass is 16.8. The van der Waals surface area contributed by atoms with Gasteiger partial charge in [-0.25, -0.2) is 0 Å². The molecule has 2 saturated heterocycles. The first kappa shape index (κ1) is 19.9. The Morgan fingerprint density at radius 3 is 2.67 bits per heavy atom. The Bertz CT molecular complexity index is 926. The zero-order chi connectivity index (χ0) is 20.6. The number of aliphatic hydroxyl groups is 1. The van der Waals surface area contributed by atoms with Gasteiger partial charge in [-0.1, -0.05) is 31.5 Å². The third-order valence-electron chi connectivity index (χ3n) is 6.54. The normalized spacial score (nSPS) is 27.3. The monoisotopic (exact) mass is 410 g/mol. The molecule has 3 heterocycles. The van der Waals surface area contributed by atoms with Gasteiger partial charge < -0.3 is 24.1 Å². The van der Waals surface area contributed by atoms with E-state index in [1.165, 1.54) is 16.7 Å². The Morgan fingerprint density at radius 1 is 0.967 bits per heavy atom. The standard InChI is InChI=1S/C25H30O5/c1-2-4-19-6-7-21(25-10-3-9-24(16-26,30-25)17-29-25)15-20(19)13-18-5-8-22-23(14-18)28-12-11-27-22/h5-8,14-15,26H,2-4,9-13,16-17H2,1H3/t24-,25-/m0/s1. The molecule has 3 aliphatic rings. The zero-order valence-electron chi connectivity index (χ0n) is 17.6. The van der Waals surface area contributed by atoms with Crippen molar-refractivity contribution < 1.29 is 24.1 Å². The van der Waals surface area contributed by atoms with Gasteiger partial charge in [-0.2, -0.15) is 0 Å². The molecule has 0 radical (unpaired) electrons. The predicted molar refractivity (Wildman–Crippen MR) is 113 cm³/mol. The van der Waals surface area contributed by atoms with E-state index >= 15 is 0 Å². The van der Waals surface area contributed by atoms with Crippen LogP contribution in [0, 0.1) is 0 Å². The van der Waals surface area contributed by atoms with Gasteiger partial charge in [-0.3, -0.25) is 0 Å². The SMILES string of the molecule is CCCc1ccc([C@@]23CCC[C@](CO)(CO2)O3)cc1Cc1ccc2c(c1)OCCO2. The first-order valence-electron chi connectivity index (χ1n) is 11.1. The fourth-order valence-electron chi connectivity index (χ4n) is 4.95. The summed E-state index contributed by atoms with van der Waals surface area (Å²) in [5.41, 5.74) is 4.36. The number of benzene rings is 2. The first-order valence-corrected chi connectivity index (χ1v) is 11.1. The van der Waals surface area contributed by atoms with Crippen LogP contribution in [0.5, 0.6) is 11.5 Å². The minimum atomic E-state index is -0.729. The minimum Gasteiger partial charge on any atom is -0.486 e. The highest BCUT2D eigenvalue weighted by Crippen LogP contribution is 2.49. The van der Waals surface area contributed by atoms with Crippen molar-refractivity contribution >= 4 is 0 Å². The maximum atomic E-state index is 9.86. The van der Waals surface area contributed by atoms with Crippen LogP contribution in [0.4, 0.5) is 0 Å². The second-order valence-electron chi connectivity index (χ2n) is 8.73. The van der Waals surface area contributed by atoms with Crippen LogP contribution in [0.25, 0.3) is 0 Å². The van der Waals surface area contributed by atoms with Crippen LogP contribution in [-0.2, 0) is 28.1 Å². The average molecular weight is 411 g/mol. The number of fused-ring (bicyclic) bond motifs is 3. The smallest absolute Gasteiger partial charge is 0.195 e. The lowest BCUT2D eigenvalue weighted by molar-refractivity contribution is -0.227. The molecule has 2 aromatic carbocycles. The van der Waals surface area contributed by atoms with Crippen molar-refractivity contribution in [2.75, 3.05) is 26.4 Å². The number of aliphatic hydroxyl groups excluding tert-OH is 1. The molecule has 0 aliphatic carbocycles. The van der Waals surface area contributed by atoms with E-state index < -0.39 is 11.4 Å². The lowest BCUT2D eigenvalue weighted by Crippen LogP contribution is -2.42. The number of hydrogen-bond acceptors (Lipinski definition) is 5. The second kappa shape index (κ2) is 7.88. The van der Waals surface area contributed by atoms with Crippen LogP contribution in [-0.4, -0.2) is 37.1 Å². The number of ether oxygens (including phenoxy) is 4. The molecule has 2 atom stereocenters. The predicted octanol–water partition coefficient (Wildman–Crippen LogP) is 4.12. The molecule has 0 saturated carbocycles. The highest BCUT2D eigenvalue weighted by Gasteiger charge is 2.54. The van der Waals surface area contributed by atoms with Gasteiger partial charge in [0.1, 0.15) is 18.8 Å². The molecule has 160 valence electrons. The van der Waals surface area contributed by atoms with Crippen molar-refractivity contribution in [3.8, 4) is 11.5 Å². The summed E-state index contributed by atoms with van der Waals surface area (Å²) in [5.74, 6) is 0.919. The van der Waals surface area contributed by atoms with Gasteiger partial charge in [0.25, 0.3) is 0 Å². The summed E-state index contributed by atoms with van der Waals surface area (Å²) in [5, 5.41) is 9.86. The van der Waals surface area contributed by atoms with E-state index in [-0.39, 0.29) is 6.61 Å². The summed E-state index contributed by atoms with van der Waals surface area (Å²) in [6.45, 7) is 3.87. The van der Waals surface area contributed by atoms with Crippen LogP contribution in [0.3, 0.4) is 0 Å². The van der Waals surface area contributed by atoms with E-state index in [4.69, 9.17) is 18.9 Å². The molecule has 0 spiro atoms. The van der Waals surface area contributed by atoms with Crippen molar-refractivity contribution in [3.63, 3.8) is 0 Å². The van der Waals surface area contributed by atoms with E-state index in [2.05, 4.69) is 37.3 Å². The van der Waals surface area contributed by atoms with Gasteiger partial charge in [0.15, 0.2) is 17.3 Å². The molecule has 1 N–H and O–H groups in total. The van der Waals surface area contributed by atoms with Gasteiger partial charge in [0.05, 0.1) is 13.2 Å². The Morgan fingerprint density at radius 2 is 1.83 bits per heavy atom. The molecule has 5 heteroatoms. The van der Waals surface area contributed by atoms with E-state index in [9.17, 15) is 5.11 Å². The summed E-state index contributed by atoms with van der Waals surface area (Å²) < 4.78 is 24.0. The van der Waals surface area contributed by atoms with Gasteiger partial charge in [-0.05, 0) is 60.6 Å². The average Bonchev–Trinajstić information content (AvgIpc) is 3.06. The molecule has 0 unspecified atom stereocenters. The van der Waals surface area contributed by atoms with Crippen LogP contribution in [0.2, 0.25) is 0 Å². The quantitative estimate of drug-likeness (QED) is 0.777. The third-order valence-corrected chi connectivity index (χ3v) is 6.54. The zero-order valence-corrected chi connectivity index (χ0v) is 17.6. The molecule has 30 heavy (non-hydrogen) atoms. The summed E-state index contributed by atoms with van der Waals surface area (Å²) in [4.78, 5) is 0. The van der Waals surface area contributed by atoms with Gasteiger partial charge in [-0.15, -0.1) is 0 Å². The molecule has 5 nitrogen and oxygen atoms in total. The Hall–Kier alpha value is -2.08. The van der Waals surface area contributed by atoms with Crippen LogP contribution < -0.4 is 9.47 Å². The van der Waals surface area contributed by atoms with Crippen molar-refractivity contribution in [1.29, 1.82) is 0 Å². The van der Waals surface area contributed by atoms with Gasteiger partial charge in [0, 0.05) is 12.0 Å². The van der Waals surface area contributed by atoms with Crippen LogP contribution >= 0.6 is 0 Å². The van der Waals surface area contributed by atoms with Gasteiger partial charge in [0.2, 0.25) is 0 Å². The van der Waals surface area contributed by atoms with Crippen LogP contribution in [0.1, 0.15) is 54.9 Å². The number of hydrogen-bond donors (Lipinski definition) is 1. The molecule has 0 amide bonds. The molecule has 3 aliphatic heterocycles. The maximum Gasteiger partial charge on any atom is 0.195 e. The summed E-state index contributed by atoms with van der Waals surface area (Å²) in [6.07, 6.45) is 5.62. The second-order valence-corrected chi connectivity index (χ2v) is 8.73. The lowest BCUT2D eigenvalue weighted by Gasteiger charge is -2.37. The molecule has 2 aromatic rings. The van der Waals surface area contributed by atoms with Crippen molar-refractivity contribution in [3.05, 3.63) is 58.7 Å². The van der Waals surface area contributed by atoms with Crippen molar-refractivity contribution in [2.24, 2.45) is 0 Å². The number of aryl methyl sites for hydroxylation is 1. The van der Waals surface area contributed by atoms with E-state index in [1.54, 1.807) is 0 Å². The van der Waals surface area contributed by atoms with Crippen molar-refractivity contribution in [1.82, 2.24) is 0 Å². The molecular formula is C25H30O5. The lowest BCUT2D eigenvalue weighted by atomic mass is 9.88. The van der Waals surface area contributed by atoms with E-state index in [0.29, 0.717) is 19.8 Å². The Balaban J connectivity index is 1.47. The minimum absolute atomic E-state index is 0.00667. The molecule has 0 aromatic heterocycles. The first-order chi connectivity index (χ1) is 14.7. The largest absolute Gasteiger partial charge is 0.486 e. The third kappa shape index (κ3) is 3.49. The molecule has 2 bridgehead atoms. The Labute approximate surface area is 177 Å². The fourth-order valence-corrected chi connectivity index (χ4v) is 4.95. The van der Waals surface area contributed by atoms with Gasteiger partial charge >= 0.3 is 0 Å². The summed E-state index contributed by atoms with van der Waals surface area (Å²) >= 11 is 0. The van der Waals surface area contributed by atoms with E-state index in [0.717, 1.165) is 55.6 Å².